The normalized spacial score (nSPS) is 29.5. The number of hydrogen-bond donors (Lipinski definition) is 2. The molecular formula is C29H45NO5S. The van der Waals surface area contributed by atoms with E-state index in [0.717, 1.165) is 42.0 Å². The van der Waals surface area contributed by atoms with E-state index < -0.39 is 35.6 Å². The van der Waals surface area contributed by atoms with Crippen LogP contribution in [0.3, 0.4) is 0 Å². The predicted octanol–water partition coefficient (Wildman–Crippen LogP) is 6.05. The molecule has 0 amide bonds. The van der Waals surface area contributed by atoms with Crippen LogP contribution in [0.25, 0.3) is 6.08 Å². The number of thiazole rings is 1. The molecule has 1 aliphatic heterocycles. The molecule has 7 heteroatoms. The van der Waals surface area contributed by atoms with E-state index in [1.54, 1.807) is 25.2 Å². The predicted molar refractivity (Wildman–Crippen MR) is 146 cm³/mol. The molecule has 1 aromatic heterocycles. The van der Waals surface area contributed by atoms with Gasteiger partial charge in [-0.1, -0.05) is 45.8 Å². The summed E-state index contributed by atoms with van der Waals surface area (Å²) in [6, 6.07) is 0. The van der Waals surface area contributed by atoms with Gasteiger partial charge >= 0.3 is 5.97 Å². The molecule has 5 unspecified atom stereocenters. The molecule has 2 N–H and O–H groups in total. The minimum absolute atomic E-state index is 0.0383. The molecule has 0 aliphatic carbocycles. The molecule has 36 heavy (non-hydrogen) atoms. The molecule has 0 aromatic carbocycles. The number of ether oxygens (including phenoxy) is 1. The van der Waals surface area contributed by atoms with Crippen molar-refractivity contribution in [2.24, 2.45) is 17.3 Å². The molecule has 0 saturated carbocycles. The van der Waals surface area contributed by atoms with Gasteiger partial charge in [0.05, 0.1) is 34.7 Å². The Morgan fingerprint density at radius 2 is 1.97 bits per heavy atom. The number of carbonyl (C=O) groups is 2. The first-order valence-corrected chi connectivity index (χ1v) is 14.1. The highest BCUT2D eigenvalue weighted by Gasteiger charge is 2.43. The van der Waals surface area contributed by atoms with Crippen LogP contribution in [0.5, 0.6) is 0 Å². The molecule has 1 aromatic rings. The second kappa shape index (κ2) is 13.6. The van der Waals surface area contributed by atoms with Gasteiger partial charge in [-0.25, -0.2) is 4.98 Å². The first-order chi connectivity index (χ1) is 16.9. The number of aromatic nitrogens is 1. The second-order valence-corrected chi connectivity index (χ2v) is 12.1. The summed E-state index contributed by atoms with van der Waals surface area (Å²) in [5.41, 5.74) is 1.72. The van der Waals surface area contributed by atoms with Crippen LogP contribution in [0, 0.1) is 24.2 Å². The van der Waals surface area contributed by atoms with Gasteiger partial charge in [-0.3, -0.25) is 9.59 Å². The van der Waals surface area contributed by atoms with Crippen molar-refractivity contribution in [3.8, 4) is 0 Å². The molecule has 2 heterocycles. The summed E-state index contributed by atoms with van der Waals surface area (Å²) in [7, 11) is 0. The van der Waals surface area contributed by atoms with E-state index in [4.69, 9.17) is 4.74 Å². The van der Waals surface area contributed by atoms with Crippen molar-refractivity contribution in [3.05, 3.63) is 33.3 Å². The zero-order chi connectivity index (χ0) is 27.0. The number of Topliss-reactive ketones (excluding diaryl/α,β-unsaturated/α-hetero) is 1. The van der Waals surface area contributed by atoms with Gasteiger partial charge in [0.2, 0.25) is 0 Å². The van der Waals surface area contributed by atoms with Crippen LogP contribution >= 0.6 is 11.3 Å². The number of nitrogens with zero attached hydrogens (tertiary/aromatic N) is 1. The number of aliphatic hydroxyl groups excluding tert-OH is 2. The Hall–Kier alpha value is -1.83. The molecule has 0 fully saturated rings. The number of ketones is 1. The molecule has 0 saturated heterocycles. The topological polar surface area (TPSA) is 96.7 Å². The average molecular weight is 520 g/mol. The SMILES string of the molecule is CCCC1C(=O)C(C)(C)C(O)CC(=O)OC(C(C)=Cc2csc(C)n2)CC=C(C)CCCC(C)C1O. The Morgan fingerprint density at radius 1 is 1.28 bits per heavy atom. The number of aliphatic hydroxyl groups is 2. The van der Waals surface area contributed by atoms with Gasteiger partial charge in [0, 0.05) is 17.7 Å². The van der Waals surface area contributed by atoms with Crippen LogP contribution in [-0.4, -0.2) is 45.3 Å². The fraction of sp³-hybridized carbons (Fsp3) is 0.690. The molecule has 2 rings (SSSR count). The van der Waals surface area contributed by atoms with Crippen molar-refractivity contribution in [1.29, 1.82) is 0 Å². The van der Waals surface area contributed by atoms with E-state index in [0.29, 0.717) is 12.8 Å². The van der Waals surface area contributed by atoms with Crippen LogP contribution in [-0.2, 0) is 14.3 Å². The fourth-order valence-corrected chi connectivity index (χ4v) is 5.38. The molecule has 5 atom stereocenters. The molecule has 1 aliphatic rings. The van der Waals surface area contributed by atoms with Crippen molar-refractivity contribution < 1.29 is 24.5 Å². The lowest BCUT2D eigenvalue weighted by Gasteiger charge is -2.36. The summed E-state index contributed by atoms with van der Waals surface area (Å²) in [4.78, 5) is 31.0. The van der Waals surface area contributed by atoms with Crippen LogP contribution in [0.4, 0.5) is 0 Å². The summed E-state index contributed by atoms with van der Waals surface area (Å²) in [5.74, 6) is -1.35. The minimum atomic E-state index is -1.21. The van der Waals surface area contributed by atoms with E-state index in [2.05, 4.69) is 18.0 Å². The van der Waals surface area contributed by atoms with Gasteiger partial charge in [-0.05, 0) is 64.0 Å². The zero-order valence-electron chi connectivity index (χ0n) is 23.0. The quantitative estimate of drug-likeness (QED) is 0.371. The van der Waals surface area contributed by atoms with E-state index in [1.807, 2.05) is 39.2 Å². The number of aryl methyl sites for hydroxylation is 1. The third kappa shape index (κ3) is 8.35. The molecule has 6 nitrogen and oxygen atoms in total. The van der Waals surface area contributed by atoms with E-state index >= 15 is 0 Å². The Bertz CT molecular complexity index is 947. The van der Waals surface area contributed by atoms with Crippen molar-refractivity contribution in [3.63, 3.8) is 0 Å². The highest BCUT2D eigenvalue weighted by Crippen LogP contribution is 2.34. The van der Waals surface area contributed by atoms with Crippen LogP contribution in [0.2, 0.25) is 0 Å². The molecule has 0 radical (unpaired) electrons. The molecule has 0 spiro atoms. The summed E-state index contributed by atoms with van der Waals surface area (Å²) in [6.07, 6.45) is 5.70. The van der Waals surface area contributed by atoms with Gasteiger partial charge in [0.1, 0.15) is 11.9 Å². The summed E-state index contributed by atoms with van der Waals surface area (Å²) >= 11 is 1.57. The van der Waals surface area contributed by atoms with Gasteiger partial charge in [0.25, 0.3) is 0 Å². The van der Waals surface area contributed by atoms with Crippen LogP contribution in [0.1, 0.15) is 97.2 Å². The van der Waals surface area contributed by atoms with E-state index in [9.17, 15) is 19.8 Å². The number of carbonyl (C=O) groups excluding carboxylic acids is 2. The Labute approximate surface area is 220 Å². The lowest BCUT2D eigenvalue weighted by molar-refractivity contribution is -0.154. The van der Waals surface area contributed by atoms with Gasteiger partial charge in [-0.2, -0.15) is 0 Å². The standard InChI is InChI=1S/C29H45NO5S/c1-8-10-23-27(33)19(3)12-9-11-18(2)13-14-24(20(4)15-22-17-36-21(5)30-22)35-26(32)16-25(31)29(6,7)28(23)34/h13,15,17,19,23-25,27,31,33H,8-12,14,16H2,1-7H3. The zero-order valence-corrected chi connectivity index (χ0v) is 23.9. The average Bonchev–Trinajstić information content (AvgIpc) is 3.22. The summed E-state index contributed by atoms with van der Waals surface area (Å²) in [6.45, 7) is 13.3. The Balaban J connectivity index is 2.36. The summed E-state index contributed by atoms with van der Waals surface area (Å²) < 4.78 is 5.86. The van der Waals surface area contributed by atoms with Crippen LogP contribution in [0.15, 0.2) is 22.6 Å². The fourth-order valence-electron chi connectivity index (χ4n) is 4.81. The largest absolute Gasteiger partial charge is 0.457 e. The third-order valence-corrected chi connectivity index (χ3v) is 8.26. The number of cyclic esters (lactones) is 1. The van der Waals surface area contributed by atoms with Gasteiger partial charge in [0.15, 0.2) is 0 Å². The van der Waals surface area contributed by atoms with Crippen molar-refractivity contribution in [1.82, 2.24) is 4.98 Å². The highest BCUT2D eigenvalue weighted by atomic mass is 32.1. The highest BCUT2D eigenvalue weighted by molar-refractivity contribution is 7.09. The maximum atomic E-state index is 13.6. The first-order valence-electron chi connectivity index (χ1n) is 13.2. The Morgan fingerprint density at radius 3 is 2.58 bits per heavy atom. The number of esters is 1. The smallest absolute Gasteiger partial charge is 0.309 e. The summed E-state index contributed by atoms with van der Waals surface area (Å²) in [5, 5.41) is 25.0. The number of hydrogen-bond acceptors (Lipinski definition) is 7. The number of rotatable bonds is 4. The van der Waals surface area contributed by atoms with Crippen molar-refractivity contribution in [2.45, 2.75) is 112 Å². The lowest BCUT2D eigenvalue weighted by Crippen LogP contribution is -2.46. The van der Waals surface area contributed by atoms with Crippen LogP contribution < -0.4 is 0 Å². The second-order valence-electron chi connectivity index (χ2n) is 11.0. The molecular weight excluding hydrogens is 474 g/mol. The minimum Gasteiger partial charge on any atom is -0.457 e. The van der Waals surface area contributed by atoms with Gasteiger partial charge < -0.3 is 14.9 Å². The maximum Gasteiger partial charge on any atom is 0.309 e. The molecule has 0 bridgehead atoms. The monoisotopic (exact) mass is 519 g/mol. The lowest BCUT2D eigenvalue weighted by atomic mass is 9.71. The van der Waals surface area contributed by atoms with E-state index in [1.165, 1.54) is 5.57 Å². The van der Waals surface area contributed by atoms with Crippen molar-refractivity contribution in [2.75, 3.05) is 0 Å². The third-order valence-electron chi connectivity index (χ3n) is 7.46. The maximum absolute atomic E-state index is 13.6. The molecule has 202 valence electrons. The van der Waals surface area contributed by atoms with Gasteiger partial charge in [-0.15, -0.1) is 11.3 Å². The first kappa shape index (κ1) is 30.4. The number of allylic oxidation sites excluding steroid dienone is 1. The Kier molecular flexibility index (Phi) is 11.5. The van der Waals surface area contributed by atoms with Crippen molar-refractivity contribution >= 4 is 29.2 Å². The van der Waals surface area contributed by atoms with E-state index in [-0.39, 0.29) is 18.1 Å².